The molecule has 2 aliphatic rings. The standard InChI is InChI=1S/C13H19ClN4O/c1-10-7-17(13-6-12(14)15-9-16-13)3-4-18(10)11-2-5-19-8-11/h6,9-11H,2-5,7-8H2,1H3/t10-,11?/m0/s1. The maximum atomic E-state index is 5.93. The molecule has 6 heteroatoms. The van der Waals surface area contributed by atoms with E-state index in [-0.39, 0.29) is 0 Å². The average molecular weight is 283 g/mol. The molecular formula is C13H19ClN4O. The van der Waals surface area contributed by atoms with Crippen molar-refractivity contribution in [3.8, 4) is 0 Å². The lowest BCUT2D eigenvalue weighted by atomic mass is 10.1. The third-order valence-corrected chi connectivity index (χ3v) is 4.20. The Morgan fingerprint density at radius 3 is 2.95 bits per heavy atom. The van der Waals surface area contributed by atoms with Gasteiger partial charge in [0.15, 0.2) is 0 Å². The van der Waals surface area contributed by atoms with E-state index in [1.165, 1.54) is 6.33 Å². The van der Waals surface area contributed by atoms with Crippen LogP contribution in [-0.4, -0.2) is 59.8 Å². The van der Waals surface area contributed by atoms with Crippen LogP contribution in [0, 0.1) is 0 Å². The van der Waals surface area contributed by atoms with Gasteiger partial charge in [0.2, 0.25) is 0 Å². The monoisotopic (exact) mass is 282 g/mol. The van der Waals surface area contributed by atoms with Crippen LogP contribution in [0.5, 0.6) is 0 Å². The lowest BCUT2D eigenvalue weighted by Crippen LogP contribution is -2.55. The van der Waals surface area contributed by atoms with E-state index in [1.807, 2.05) is 6.07 Å². The van der Waals surface area contributed by atoms with Gasteiger partial charge in [-0.25, -0.2) is 9.97 Å². The minimum Gasteiger partial charge on any atom is -0.380 e. The first-order chi connectivity index (χ1) is 9.24. The lowest BCUT2D eigenvalue weighted by Gasteiger charge is -2.43. The summed E-state index contributed by atoms with van der Waals surface area (Å²) in [6, 6.07) is 2.93. The van der Waals surface area contributed by atoms with E-state index in [9.17, 15) is 0 Å². The summed E-state index contributed by atoms with van der Waals surface area (Å²) in [5.41, 5.74) is 0. The zero-order valence-electron chi connectivity index (χ0n) is 11.1. The van der Waals surface area contributed by atoms with Crippen molar-refractivity contribution in [2.24, 2.45) is 0 Å². The number of piperazine rings is 1. The Labute approximate surface area is 118 Å². The van der Waals surface area contributed by atoms with E-state index in [0.29, 0.717) is 17.2 Å². The van der Waals surface area contributed by atoms with Crippen LogP contribution in [0.15, 0.2) is 12.4 Å². The van der Waals surface area contributed by atoms with Gasteiger partial charge in [-0.15, -0.1) is 0 Å². The molecule has 0 spiro atoms. The first-order valence-corrected chi connectivity index (χ1v) is 7.18. The van der Waals surface area contributed by atoms with Gasteiger partial charge in [-0.2, -0.15) is 0 Å². The van der Waals surface area contributed by atoms with Gasteiger partial charge in [0.1, 0.15) is 17.3 Å². The van der Waals surface area contributed by atoms with E-state index in [1.54, 1.807) is 0 Å². The first-order valence-electron chi connectivity index (χ1n) is 6.80. The highest BCUT2D eigenvalue weighted by Crippen LogP contribution is 2.22. The Morgan fingerprint density at radius 1 is 1.37 bits per heavy atom. The third-order valence-electron chi connectivity index (χ3n) is 4.00. The lowest BCUT2D eigenvalue weighted by molar-refractivity contribution is 0.105. The SMILES string of the molecule is C[C@H]1CN(c2cc(Cl)ncn2)CCN1C1CCOC1. The predicted molar refractivity (Wildman–Crippen MR) is 74.6 cm³/mol. The van der Waals surface area contributed by atoms with Crippen molar-refractivity contribution in [1.82, 2.24) is 14.9 Å². The van der Waals surface area contributed by atoms with E-state index in [4.69, 9.17) is 16.3 Å². The fourth-order valence-electron chi connectivity index (χ4n) is 3.00. The van der Waals surface area contributed by atoms with Gasteiger partial charge >= 0.3 is 0 Å². The number of hydrogen-bond acceptors (Lipinski definition) is 5. The summed E-state index contributed by atoms with van der Waals surface area (Å²) in [5, 5.41) is 0.504. The van der Waals surface area contributed by atoms with Gasteiger partial charge in [-0.05, 0) is 13.3 Å². The molecule has 2 aliphatic heterocycles. The highest BCUT2D eigenvalue weighted by atomic mass is 35.5. The highest BCUT2D eigenvalue weighted by Gasteiger charge is 2.31. The molecule has 1 aromatic rings. The van der Waals surface area contributed by atoms with Crippen LogP contribution in [0.4, 0.5) is 5.82 Å². The molecule has 2 saturated heterocycles. The van der Waals surface area contributed by atoms with E-state index in [0.717, 1.165) is 45.1 Å². The van der Waals surface area contributed by atoms with Gasteiger partial charge in [-0.1, -0.05) is 11.6 Å². The molecule has 0 amide bonds. The zero-order valence-corrected chi connectivity index (χ0v) is 11.9. The number of hydrogen-bond donors (Lipinski definition) is 0. The summed E-state index contributed by atoms with van der Waals surface area (Å²) in [6.07, 6.45) is 2.68. The first kappa shape index (κ1) is 13.1. The molecule has 0 radical (unpaired) electrons. The number of halogens is 1. The summed E-state index contributed by atoms with van der Waals surface area (Å²) in [7, 11) is 0. The van der Waals surface area contributed by atoms with Crippen molar-refractivity contribution in [3.05, 3.63) is 17.5 Å². The number of anilines is 1. The Kier molecular flexibility index (Phi) is 3.86. The van der Waals surface area contributed by atoms with Gasteiger partial charge < -0.3 is 9.64 Å². The van der Waals surface area contributed by atoms with Crippen LogP contribution in [0.1, 0.15) is 13.3 Å². The smallest absolute Gasteiger partial charge is 0.134 e. The fourth-order valence-corrected chi connectivity index (χ4v) is 3.14. The molecule has 1 unspecified atom stereocenters. The molecule has 5 nitrogen and oxygen atoms in total. The normalized spacial score (nSPS) is 28.8. The molecule has 3 rings (SSSR count). The van der Waals surface area contributed by atoms with Crippen molar-refractivity contribution in [3.63, 3.8) is 0 Å². The number of rotatable bonds is 2. The van der Waals surface area contributed by atoms with Crippen molar-refractivity contribution >= 4 is 17.4 Å². The molecule has 2 fully saturated rings. The van der Waals surface area contributed by atoms with Crippen LogP contribution in [0.2, 0.25) is 5.15 Å². The Hall–Kier alpha value is -0.910. The van der Waals surface area contributed by atoms with E-state index >= 15 is 0 Å². The van der Waals surface area contributed by atoms with Crippen LogP contribution in [0.3, 0.4) is 0 Å². The second-order valence-electron chi connectivity index (χ2n) is 5.25. The quantitative estimate of drug-likeness (QED) is 0.768. The minimum absolute atomic E-state index is 0.504. The molecular weight excluding hydrogens is 264 g/mol. The van der Waals surface area contributed by atoms with Crippen LogP contribution in [0.25, 0.3) is 0 Å². The van der Waals surface area contributed by atoms with Crippen molar-refractivity contribution in [2.45, 2.75) is 25.4 Å². The van der Waals surface area contributed by atoms with Gasteiger partial charge in [0.25, 0.3) is 0 Å². The third kappa shape index (κ3) is 2.83. The Morgan fingerprint density at radius 2 is 2.26 bits per heavy atom. The second kappa shape index (κ2) is 5.61. The zero-order chi connectivity index (χ0) is 13.2. The second-order valence-corrected chi connectivity index (χ2v) is 5.64. The topological polar surface area (TPSA) is 41.5 Å². The Bertz CT molecular complexity index is 438. The summed E-state index contributed by atoms with van der Waals surface area (Å²) in [4.78, 5) is 13.1. The summed E-state index contributed by atoms with van der Waals surface area (Å²) < 4.78 is 5.49. The number of nitrogens with zero attached hydrogens (tertiary/aromatic N) is 4. The minimum atomic E-state index is 0.504. The molecule has 1 aromatic heterocycles. The summed E-state index contributed by atoms with van der Waals surface area (Å²) in [6.45, 7) is 7.06. The predicted octanol–water partition coefficient (Wildman–Crippen LogP) is 1.43. The molecule has 2 atom stereocenters. The molecule has 19 heavy (non-hydrogen) atoms. The molecule has 0 saturated carbocycles. The van der Waals surface area contributed by atoms with Crippen molar-refractivity contribution in [1.29, 1.82) is 0 Å². The average Bonchev–Trinajstić information content (AvgIpc) is 2.92. The molecule has 3 heterocycles. The van der Waals surface area contributed by atoms with Crippen LogP contribution >= 0.6 is 11.6 Å². The van der Waals surface area contributed by atoms with E-state index in [2.05, 4.69) is 26.7 Å². The molecule has 0 aliphatic carbocycles. The van der Waals surface area contributed by atoms with E-state index < -0.39 is 0 Å². The molecule has 104 valence electrons. The fraction of sp³-hybridized carbons (Fsp3) is 0.692. The highest BCUT2D eigenvalue weighted by molar-refractivity contribution is 6.29. The molecule has 0 N–H and O–H groups in total. The van der Waals surface area contributed by atoms with Gasteiger partial charge in [0.05, 0.1) is 6.61 Å². The number of ether oxygens (including phenoxy) is 1. The number of aromatic nitrogens is 2. The maximum absolute atomic E-state index is 5.93. The van der Waals surface area contributed by atoms with Crippen molar-refractivity contribution < 1.29 is 4.74 Å². The summed E-state index contributed by atoms with van der Waals surface area (Å²) in [5.74, 6) is 0.925. The summed E-state index contributed by atoms with van der Waals surface area (Å²) >= 11 is 5.93. The Balaban J connectivity index is 1.66. The molecule has 0 aromatic carbocycles. The molecule has 0 bridgehead atoms. The van der Waals surface area contributed by atoms with Gasteiger partial charge in [-0.3, -0.25) is 4.90 Å². The van der Waals surface area contributed by atoms with Gasteiger partial charge in [0, 0.05) is 44.4 Å². The van der Waals surface area contributed by atoms with Crippen LogP contribution in [-0.2, 0) is 4.74 Å². The maximum Gasteiger partial charge on any atom is 0.134 e. The van der Waals surface area contributed by atoms with Crippen molar-refractivity contribution in [2.75, 3.05) is 37.7 Å². The van der Waals surface area contributed by atoms with Crippen LogP contribution < -0.4 is 4.90 Å². The largest absolute Gasteiger partial charge is 0.380 e.